The van der Waals surface area contributed by atoms with Gasteiger partial charge in [0.05, 0.1) is 5.54 Å². The van der Waals surface area contributed by atoms with Gasteiger partial charge in [-0.2, -0.15) is 0 Å². The quantitative estimate of drug-likeness (QED) is 0.720. The van der Waals surface area contributed by atoms with E-state index in [1.54, 1.807) is 0 Å². The second kappa shape index (κ2) is 4.78. The molecule has 3 N–H and O–H groups in total. The van der Waals surface area contributed by atoms with Gasteiger partial charge in [0.25, 0.3) is 0 Å². The first kappa shape index (κ1) is 11.5. The lowest BCUT2D eigenvalue weighted by atomic mass is 9.93. The molecular formula is C11H22N2O. The van der Waals surface area contributed by atoms with Crippen LogP contribution in [0.3, 0.4) is 0 Å². The summed E-state index contributed by atoms with van der Waals surface area (Å²) in [7, 11) is 0. The van der Waals surface area contributed by atoms with E-state index in [2.05, 4.69) is 5.32 Å². The predicted molar refractivity (Wildman–Crippen MR) is 57.9 cm³/mol. The van der Waals surface area contributed by atoms with Gasteiger partial charge in [-0.05, 0) is 25.7 Å². The van der Waals surface area contributed by atoms with E-state index >= 15 is 0 Å². The summed E-state index contributed by atoms with van der Waals surface area (Å²) in [6.07, 6.45) is 6.14. The van der Waals surface area contributed by atoms with Gasteiger partial charge in [0.1, 0.15) is 0 Å². The number of carbonyl (C=O) groups excluding carboxylic acids is 1. The van der Waals surface area contributed by atoms with Crippen molar-refractivity contribution in [1.29, 1.82) is 0 Å². The molecule has 1 aliphatic rings. The van der Waals surface area contributed by atoms with Crippen molar-refractivity contribution in [3.63, 3.8) is 0 Å². The molecule has 1 fully saturated rings. The van der Waals surface area contributed by atoms with E-state index in [4.69, 9.17) is 5.73 Å². The molecule has 3 heteroatoms. The summed E-state index contributed by atoms with van der Waals surface area (Å²) in [6.45, 7) is 3.94. The van der Waals surface area contributed by atoms with Crippen molar-refractivity contribution in [2.45, 2.75) is 64.0 Å². The molecule has 0 saturated heterocycles. The predicted octanol–water partition coefficient (Wildman–Crippen LogP) is 1.56. The average molecular weight is 198 g/mol. The van der Waals surface area contributed by atoms with Crippen molar-refractivity contribution in [3.05, 3.63) is 0 Å². The van der Waals surface area contributed by atoms with E-state index in [1.165, 1.54) is 12.8 Å². The van der Waals surface area contributed by atoms with Crippen molar-refractivity contribution in [1.82, 2.24) is 5.32 Å². The highest BCUT2D eigenvalue weighted by molar-refractivity contribution is 5.86. The number of carbonyl (C=O) groups is 1. The molecule has 0 spiro atoms. The molecule has 0 bridgehead atoms. The van der Waals surface area contributed by atoms with Crippen LogP contribution in [0.4, 0.5) is 0 Å². The van der Waals surface area contributed by atoms with Gasteiger partial charge in [0.2, 0.25) is 5.91 Å². The van der Waals surface area contributed by atoms with E-state index in [0.717, 1.165) is 12.8 Å². The van der Waals surface area contributed by atoms with Crippen molar-refractivity contribution < 1.29 is 4.79 Å². The molecular weight excluding hydrogens is 176 g/mol. The average Bonchev–Trinajstić information content (AvgIpc) is 2.69. The van der Waals surface area contributed by atoms with Gasteiger partial charge in [0.15, 0.2) is 0 Å². The van der Waals surface area contributed by atoms with Crippen LogP contribution in [0.1, 0.15) is 52.4 Å². The van der Waals surface area contributed by atoms with E-state index in [9.17, 15) is 4.79 Å². The summed E-state index contributed by atoms with van der Waals surface area (Å²) in [4.78, 5) is 11.8. The fourth-order valence-electron chi connectivity index (χ4n) is 1.97. The molecule has 0 atom stereocenters. The Labute approximate surface area is 86.4 Å². The Balaban J connectivity index is 2.46. The van der Waals surface area contributed by atoms with Crippen LogP contribution < -0.4 is 11.1 Å². The van der Waals surface area contributed by atoms with E-state index in [-0.39, 0.29) is 5.91 Å². The van der Waals surface area contributed by atoms with Crippen LogP contribution in [0, 0.1) is 0 Å². The van der Waals surface area contributed by atoms with E-state index in [1.807, 2.05) is 13.8 Å². The molecule has 1 saturated carbocycles. The van der Waals surface area contributed by atoms with Crippen molar-refractivity contribution >= 4 is 5.91 Å². The third kappa shape index (κ3) is 2.47. The summed E-state index contributed by atoms with van der Waals surface area (Å²) in [6, 6.07) is 0.378. The number of hydrogen-bond donors (Lipinski definition) is 2. The lowest BCUT2D eigenvalue weighted by Crippen LogP contribution is -2.55. The van der Waals surface area contributed by atoms with Crippen molar-refractivity contribution in [2.24, 2.45) is 5.73 Å². The zero-order chi connectivity index (χ0) is 10.6. The van der Waals surface area contributed by atoms with E-state index < -0.39 is 5.54 Å². The highest BCUT2D eigenvalue weighted by Gasteiger charge is 2.31. The molecule has 14 heavy (non-hydrogen) atoms. The number of nitrogens with two attached hydrogens (primary N) is 1. The fourth-order valence-corrected chi connectivity index (χ4v) is 1.97. The van der Waals surface area contributed by atoms with E-state index in [0.29, 0.717) is 18.9 Å². The third-order valence-electron chi connectivity index (χ3n) is 3.40. The number of nitrogens with one attached hydrogen (secondary N) is 1. The molecule has 0 aliphatic heterocycles. The Morgan fingerprint density at radius 3 is 2.29 bits per heavy atom. The van der Waals surface area contributed by atoms with Crippen LogP contribution in [0.5, 0.6) is 0 Å². The van der Waals surface area contributed by atoms with Gasteiger partial charge in [-0.3, -0.25) is 4.79 Å². The van der Waals surface area contributed by atoms with Crippen LogP contribution in [0.25, 0.3) is 0 Å². The molecule has 1 aliphatic carbocycles. The van der Waals surface area contributed by atoms with Crippen LogP contribution in [-0.2, 0) is 4.79 Å². The molecule has 0 radical (unpaired) electrons. The molecule has 0 unspecified atom stereocenters. The summed E-state index contributed by atoms with van der Waals surface area (Å²) in [5.74, 6) is 0.0365. The van der Waals surface area contributed by atoms with Gasteiger partial charge >= 0.3 is 0 Å². The molecule has 82 valence electrons. The Bertz CT molecular complexity index is 193. The molecule has 0 aromatic rings. The molecule has 1 amide bonds. The summed E-state index contributed by atoms with van der Waals surface area (Å²) in [5, 5.41) is 3.06. The lowest BCUT2D eigenvalue weighted by Gasteiger charge is -2.27. The van der Waals surface area contributed by atoms with Crippen LogP contribution in [0.2, 0.25) is 0 Å². The standard InChI is InChI=1S/C11H22N2O/c1-3-11(12,4-2)10(14)13-9-7-5-6-8-9/h9H,3-8,12H2,1-2H3,(H,13,14). The molecule has 0 aromatic heterocycles. The topological polar surface area (TPSA) is 55.1 Å². The minimum atomic E-state index is -0.650. The highest BCUT2D eigenvalue weighted by Crippen LogP contribution is 2.19. The van der Waals surface area contributed by atoms with Gasteiger partial charge < -0.3 is 11.1 Å². The Morgan fingerprint density at radius 1 is 1.36 bits per heavy atom. The number of hydrogen-bond acceptors (Lipinski definition) is 2. The first-order valence-corrected chi connectivity index (χ1v) is 5.72. The maximum atomic E-state index is 11.8. The smallest absolute Gasteiger partial charge is 0.240 e. The SMILES string of the molecule is CCC(N)(CC)C(=O)NC1CCCC1. The number of rotatable bonds is 4. The van der Waals surface area contributed by atoms with Crippen molar-refractivity contribution in [3.8, 4) is 0 Å². The molecule has 3 nitrogen and oxygen atoms in total. The Hall–Kier alpha value is -0.570. The lowest BCUT2D eigenvalue weighted by molar-refractivity contribution is -0.127. The van der Waals surface area contributed by atoms with Crippen molar-refractivity contribution in [2.75, 3.05) is 0 Å². The molecule has 0 heterocycles. The van der Waals surface area contributed by atoms with Gasteiger partial charge in [-0.25, -0.2) is 0 Å². The van der Waals surface area contributed by atoms with Crippen LogP contribution >= 0.6 is 0 Å². The zero-order valence-electron chi connectivity index (χ0n) is 9.31. The first-order chi connectivity index (χ1) is 6.62. The Kier molecular flexibility index (Phi) is 3.93. The van der Waals surface area contributed by atoms with Gasteiger partial charge in [-0.1, -0.05) is 26.7 Å². The molecule has 0 aromatic carbocycles. The maximum Gasteiger partial charge on any atom is 0.240 e. The summed E-state index contributed by atoms with van der Waals surface area (Å²) in [5.41, 5.74) is 5.36. The Morgan fingerprint density at radius 2 is 1.86 bits per heavy atom. The highest BCUT2D eigenvalue weighted by atomic mass is 16.2. The third-order valence-corrected chi connectivity index (χ3v) is 3.40. The first-order valence-electron chi connectivity index (χ1n) is 5.72. The zero-order valence-corrected chi connectivity index (χ0v) is 9.31. The minimum absolute atomic E-state index is 0.0365. The van der Waals surface area contributed by atoms with Crippen LogP contribution in [-0.4, -0.2) is 17.5 Å². The number of amides is 1. The largest absolute Gasteiger partial charge is 0.352 e. The second-order valence-corrected chi connectivity index (χ2v) is 4.32. The van der Waals surface area contributed by atoms with Crippen LogP contribution in [0.15, 0.2) is 0 Å². The molecule has 1 rings (SSSR count). The minimum Gasteiger partial charge on any atom is -0.352 e. The second-order valence-electron chi connectivity index (χ2n) is 4.32. The summed E-state index contributed by atoms with van der Waals surface area (Å²) >= 11 is 0. The van der Waals surface area contributed by atoms with Gasteiger partial charge in [-0.15, -0.1) is 0 Å². The van der Waals surface area contributed by atoms with Gasteiger partial charge in [0, 0.05) is 6.04 Å². The normalized spacial score (nSPS) is 18.5. The fraction of sp³-hybridized carbons (Fsp3) is 0.909. The summed E-state index contributed by atoms with van der Waals surface area (Å²) < 4.78 is 0. The monoisotopic (exact) mass is 198 g/mol. The maximum absolute atomic E-state index is 11.8.